The van der Waals surface area contributed by atoms with E-state index in [0.717, 1.165) is 5.25 Å². The molecule has 0 nitrogen and oxygen atoms in total. The summed E-state index contributed by atoms with van der Waals surface area (Å²) < 4.78 is 0. The summed E-state index contributed by atoms with van der Waals surface area (Å²) in [6.07, 6.45) is 7.51. The molecule has 1 saturated carbocycles. The average Bonchev–Trinajstić information content (AvgIpc) is 1.88. The lowest BCUT2D eigenvalue weighted by Gasteiger charge is -2.20. The maximum Gasteiger partial charge on any atom is 0.00814 e. The molecule has 52 valence electrons. The molecule has 0 aliphatic heterocycles. The quantitative estimate of drug-likeness (QED) is 0.507. The lowest BCUT2D eigenvalue weighted by atomic mass is 9.96. The zero-order valence-electron chi connectivity index (χ0n) is 6.02. The molecule has 1 unspecified atom stereocenters. The number of thioether (sulfide) groups is 1. The van der Waals surface area contributed by atoms with E-state index in [2.05, 4.69) is 12.8 Å². The zero-order valence-corrected chi connectivity index (χ0v) is 6.84. The third-order valence-corrected chi connectivity index (χ3v) is 2.98. The average molecular weight is 142 g/mol. The predicted octanol–water partition coefficient (Wildman–Crippen LogP) is 2.85. The fraction of sp³-hybridized carbons (Fsp3) is 0.750. The molecule has 0 aromatic heterocycles. The second-order valence-corrected chi connectivity index (χ2v) is 3.84. The topological polar surface area (TPSA) is 0 Å². The van der Waals surface area contributed by atoms with Gasteiger partial charge in [-0.15, -0.1) is 0 Å². The zero-order chi connectivity index (χ0) is 6.69. The van der Waals surface area contributed by atoms with Crippen LogP contribution >= 0.6 is 11.8 Å². The lowest BCUT2D eigenvalue weighted by Crippen LogP contribution is -2.08. The molecule has 0 saturated heterocycles. The molecule has 0 amide bonds. The van der Waals surface area contributed by atoms with Gasteiger partial charge in [0.05, 0.1) is 0 Å². The minimum absolute atomic E-state index is 0.881. The van der Waals surface area contributed by atoms with E-state index in [1.165, 1.54) is 31.3 Å². The number of hydrogen-bond donors (Lipinski definition) is 0. The van der Waals surface area contributed by atoms with Gasteiger partial charge < -0.3 is 0 Å². The molecular formula is C8H14S. The second kappa shape index (κ2) is 3.31. The number of rotatable bonds is 1. The van der Waals surface area contributed by atoms with Gasteiger partial charge in [-0.25, -0.2) is 0 Å². The molecule has 0 N–H and O–H groups in total. The lowest BCUT2D eigenvalue weighted by molar-refractivity contribution is 0.615. The smallest absolute Gasteiger partial charge is 0.00814 e. The van der Waals surface area contributed by atoms with E-state index < -0.39 is 0 Å². The van der Waals surface area contributed by atoms with E-state index in [9.17, 15) is 0 Å². The van der Waals surface area contributed by atoms with Crippen molar-refractivity contribution in [1.82, 2.24) is 0 Å². The first-order valence-electron chi connectivity index (χ1n) is 3.52. The summed E-state index contributed by atoms with van der Waals surface area (Å²) in [5.74, 6) is 0. The highest BCUT2D eigenvalue weighted by atomic mass is 32.2. The Labute approximate surface area is 61.7 Å². The summed E-state index contributed by atoms with van der Waals surface area (Å²) in [6.45, 7) is 4.00. The van der Waals surface area contributed by atoms with Crippen LogP contribution in [0.2, 0.25) is 0 Å². The summed E-state index contributed by atoms with van der Waals surface area (Å²) in [6, 6.07) is 0. The first-order valence-corrected chi connectivity index (χ1v) is 4.81. The van der Waals surface area contributed by atoms with E-state index in [1.807, 2.05) is 11.8 Å². The molecule has 0 aromatic rings. The van der Waals surface area contributed by atoms with Gasteiger partial charge in [-0.3, -0.25) is 0 Å². The van der Waals surface area contributed by atoms with E-state index in [-0.39, 0.29) is 0 Å². The van der Waals surface area contributed by atoms with Gasteiger partial charge in [-0.05, 0) is 31.9 Å². The molecule has 0 aromatic carbocycles. The number of allylic oxidation sites excluding steroid dienone is 1. The van der Waals surface area contributed by atoms with Crippen molar-refractivity contribution in [3.63, 3.8) is 0 Å². The first kappa shape index (κ1) is 7.20. The van der Waals surface area contributed by atoms with Crippen molar-refractivity contribution >= 4 is 11.8 Å². The molecule has 9 heavy (non-hydrogen) atoms. The van der Waals surface area contributed by atoms with Crippen LogP contribution in [0.25, 0.3) is 0 Å². The summed E-state index contributed by atoms with van der Waals surface area (Å²) in [5, 5.41) is 0.881. The van der Waals surface area contributed by atoms with Crippen molar-refractivity contribution in [3.05, 3.63) is 12.2 Å². The van der Waals surface area contributed by atoms with E-state index in [0.29, 0.717) is 0 Å². The van der Waals surface area contributed by atoms with Gasteiger partial charge in [-0.1, -0.05) is 12.2 Å². The van der Waals surface area contributed by atoms with E-state index in [4.69, 9.17) is 0 Å². The molecule has 0 bridgehead atoms. The maximum absolute atomic E-state index is 4.00. The molecule has 1 atom stereocenters. The van der Waals surface area contributed by atoms with Crippen molar-refractivity contribution in [2.24, 2.45) is 0 Å². The fourth-order valence-electron chi connectivity index (χ4n) is 1.31. The minimum Gasteiger partial charge on any atom is -0.162 e. The Bertz CT molecular complexity index is 107. The van der Waals surface area contributed by atoms with Gasteiger partial charge in [0.2, 0.25) is 0 Å². The van der Waals surface area contributed by atoms with E-state index in [1.54, 1.807) is 0 Å². The van der Waals surface area contributed by atoms with Crippen LogP contribution in [-0.2, 0) is 0 Å². The van der Waals surface area contributed by atoms with Crippen LogP contribution < -0.4 is 0 Å². The monoisotopic (exact) mass is 142 g/mol. The van der Waals surface area contributed by atoms with E-state index >= 15 is 0 Å². The molecule has 1 aliphatic rings. The normalized spacial score (nSPS) is 28.6. The standard InChI is InChI=1S/C8H14S/c1-7-4-3-5-8(6-7)9-2/h8H,1,3-6H2,2H3. The Morgan fingerprint density at radius 1 is 1.67 bits per heavy atom. The van der Waals surface area contributed by atoms with Crippen LogP contribution in [0, 0.1) is 0 Å². The van der Waals surface area contributed by atoms with Crippen LogP contribution in [0.15, 0.2) is 12.2 Å². The van der Waals surface area contributed by atoms with Crippen LogP contribution in [-0.4, -0.2) is 11.5 Å². The molecule has 1 fully saturated rings. The summed E-state index contributed by atoms with van der Waals surface area (Å²) >= 11 is 1.99. The molecular weight excluding hydrogens is 128 g/mol. The third kappa shape index (κ3) is 2.05. The summed E-state index contributed by atoms with van der Waals surface area (Å²) in [7, 11) is 0. The fourth-order valence-corrected chi connectivity index (χ4v) is 2.11. The molecule has 1 rings (SSSR count). The summed E-state index contributed by atoms with van der Waals surface area (Å²) in [5.41, 5.74) is 1.46. The van der Waals surface area contributed by atoms with Gasteiger partial charge in [0.25, 0.3) is 0 Å². The van der Waals surface area contributed by atoms with Crippen molar-refractivity contribution in [1.29, 1.82) is 0 Å². The largest absolute Gasteiger partial charge is 0.162 e. The van der Waals surface area contributed by atoms with Crippen molar-refractivity contribution < 1.29 is 0 Å². The van der Waals surface area contributed by atoms with Gasteiger partial charge in [0.1, 0.15) is 0 Å². The molecule has 1 aliphatic carbocycles. The van der Waals surface area contributed by atoms with Crippen LogP contribution in [0.1, 0.15) is 25.7 Å². The predicted molar refractivity (Wildman–Crippen MR) is 44.9 cm³/mol. The Morgan fingerprint density at radius 2 is 2.44 bits per heavy atom. The van der Waals surface area contributed by atoms with Gasteiger partial charge >= 0.3 is 0 Å². The van der Waals surface area contributed by atoms with Gasteiger partial charge in [0, 0.05) is 5.25 Å². The Balaban J connectivity index is 2.32. The van der Waals surface area contributed by atoms with Crippen molar-refractivity contribution in [3.8, 4) is 0 Å². The Morgan fingerprint density at radius 3 is 2.89 bits per heavy atom. The van der Waals surface area contributed by atoms with Crippen LogP contribution in [0.4, 0.5) is 0 Å². The third-order valence-electron chi connectivity index (χ3n) is 1.91. The molecule has 0 spiro atoms. The van der Waals surface area contributed by atoms with Gasteiger partial charge in [0.15, 0.2) is 0 Å². The summed E-state index contributed by atoms with van der Waals surface area (Å²) in [4.78, 5) is 0. The highest BCUT2D eigenvalue weighted by molar-refractivity contribution is 7.99. The van der Waals surface area contributed by atoms with Crippen molar-refractivity contribution in [2.75, 3.05) is 6.26 Å². The van der Waals surface area contributed by atoms with Crippen LogP contribution in [0.3, 0.4) is 0 Å². The molecule has 1 heteroatoms. The van der Waals surface area contributed by atoms with Crippen LogP contribution in [0.5, 0.6) is 0 Å². The molecule has 0 radical (unpaired) electrons. The number of hydrogen-bond acceptors (Lipinski definition) is 1. The second-order valence-electron chi connectivity index (χ2n) is 2.70. The minimum atomic E-state index is 0.881. The Hall–Kier alpha value is 0.0900. The Kier molecular flexibility index (Phi) is 2.65. The SMILES string of the molecule is C=C1CCCC(SC)C1. The maximum atomic E-state index is 4.00. The molecule has 0 heterocycles. The highest BCUT2D eigenvalue weighted by Gasteiger charge is 2.13. The van der Waals surface area contributed by atoms with Crippen molar-refractivity contribution in [2.45, 2.75) is 30.9 Å². The van der Waals surface area contributed by atoms with Gasteiger partial charge in [-0.2, -0.15) is 11.8 Å². The first-order chi connectivity index (χ1) is 4.33. The highest BCUT2D eigenvalue weighted by Crippen LogP contribution is 2.28.